The van der Waals surface area contributed by atoms with Gasteiger partial charge in [-0.15, -0.1) is 12.6 Å². The third-order valence-electron chi connectivity index (χ3n) is 2.37. The Labute approximate surface area is 90.0 Å². The van der Waals surface area contributed by atoms with E-state index in [0.717, 1.165) is 6.42 Å². The molecule has 1 heterocycles. The molecule has 0 aromatic rings. The van der Waals surface area contributed by atoms with E-state index in [0.29, 0.717) is 13.0 Å². The van der Waals surface area contributed by atoms with Gasteiger partial charge >= 0.3 is 5.97 Å². The lowest BCUT2D eigenvalue weighted by molar-refractivity contribution is -0.171. The lowest BCUT2D eigenvalue weighted by Gasteiger charge is -2.30. The molecule has 0 bridgehead atoms. The molecule has 0 saturated carbocycles. The number of hydrogen-bond donors (Lipinski definition) is 1. The van der Waals surface area contributed by atoms with E-state index in [2.05, 4.69) is 12.6 Å². The molecule has 5 heteroatoms. The van der Waals surface area contributed by atoms with E-state index in [-0.39, 0.29) is 11.5 Å². The van der Waals surface area contributed by atoms with Crippen LogP contribution in [0.5, 0.6) is 0 Å². The second-order valence-corrected chi connectivity index (χ2v) is 4.09. The maximum atomic E-state index is 11.3. The van der Waals surface area contributed by atoms with Crippen LogP contribution in [0.3, 0.4) is 0 Å². The fourth-order valence-corrected chi connectivity index (χ4v) is 1.60. The van der Waals surface area contributed by atoms with Gasteiger partial charge in [-0.2, -0.15) is 0 Å². The summed E-state index contributed by atoms with van der Waals surface area (Å²) in [5.74, 6) is -0.187. The number of nitrogens with zero attached hydrogens (tertiary/aromatic N) is 1. The zero-order valence-corrected chi connectivity index (χ0v) is 9.71. The number of carbonyl (C=O) groups is 1. The van der Waals surface area contributed by atoms with E-state index in [4.69, 9.17) is 9.47 Å². The van der Waals surface area contributed by atoms with Crippen molar-refractivity contribution in [3.63, 3.8) is 0 Å². The zero-order chi connectivity index (χ0) is 10.8. The smallest absolute Gasteiger partial charge is 0.307 e. The Morgan fingerprint density at radius 1 is 1.79 bits per heavy atom. The minimum Gasteiger partial charge on any atom is -0.441 e. The molecule has 1 rings (SSSR count). The topological polar surface area (TPSA) is 38.8 Å². The summed E-state index contributed by atoms with van der Waals surface area (Å²) >= 11 is 4.19. The molecule has 4 nitrogen and oxygen atoms in total. The fourth-order valence-electron chi connectivity index (χ4n) is 1.28. The molecule has 1 fully saturated rings. The maximum absolute atomic E-state index is 11.3. The van der Waals surface area contributed by atoms with E-state index in [9.17, 15) is 4.79 Å². The van der Waals surface area contributed by atoms with E-state index in [1.807, 2.05) is 20.9 Å². The molecular formula is C9H17NO3S. The van der Waals surface area contributed by atoms with Gasteiger partial charge < -0.3 is 9.47 Å². The van der Waals surface area contributed by atoms with Crippen LogP contribution in [-0.4, -0.2) is 35.8 Å². The van der Waals surface area contributed by atoms with Gasteiger partial charge in [-0.1, -0.05) is 6.92 Å². The van der Waals surface area contributed by atoms with E-state index in [1.54, 1.807) is 4.90 Å². The summed E-state index contributed by atoms with van der Waals surface area (Å²) in [6.45, 7) is 4.14. The van der Waals surface area contributed by atoms with Gasteiger partial charge in [0.1, 0.15) is 6.61 Å². The average molecular weight is 219 g/mol. The van der Waals surface area contributed by atoms with Crippen molar-refractivity contribution in [2.45, 2.75) is 38.0 Å². The maximum Gasteiger partial charge on any atom is 0.307 e. The highest BCUT2D eigenvalue weighted by atomic mass is 32.1. The molecule has 0 aromatic heterocycles. The van der Waals surface area contributed by atoms with Crippen molar-refractivity contribution >= 4 is 18.6 Å². The van der Waals surface area contributed by atoms with Gasteiger partial charge in [0, 0.05) is 6.42 Å². The molecule has 82 valence electrons. The monoisotopic (exact) mass is 219 g/mol. The van der Waals surface area contributed by atoms with Crippen molar-refractivity contribution in [1.82, 2.24) is 4.90 Å². The lowest BCUT2D eigenvalue weighted by atomic mass is 10.2. The van der Waals surface area contributed by atoms with Crippen LogP contribution in [0.4, 0.5) is 0 Å². The van der Waals surface area contributed by atoms with Crippen LogP contribution >= 0.6 is 12.6 Å². The van der Waals surface area contributed by atoms with Crippen LogP contribution in [-0.2, 0) is 14.3 Å². The summed E-state index contributed by atoms with van der Waals surface area (Å²) in [4.78, 5) is 13.1. The molecule has 0 radical (unpaired) electrons. The third-order valence-corrected chi connectivity index (χ3v) is 2.86. The molecule has 1 saturated heterocycles. The van der Waals surface area contributed by atoms with Gasteiger partial charge in [-0.05, 0) is 20.4 Å². The number of esters is 1. The van der Waals surface area contributed by atoms with Crippen molar-refractivity contribution in [2.24, 2.45) is 0 Å². The Kier molecular flexibility index (Phi) is 3.80. The summed E-state index contributed by atoms with van der Waals surface area (Å²) < 4.78 is 10.6. The molecule has 1 aliphatic rings. The molecular weight excluding hydrogens is 202 g/mol. The Bertz CT molecular complexity index is 224. The first-order valence-electron chi connectivity index (χ1n) is 4.74. The highest BCUT2D eigenvalue weighted by Gasteiger charge is 2.43. The SMILES string of the molecule is CCCC(=O)OC1(C)COC(S)N1C. The highest BCUT2D eigenvalue weighted by molar-refractivity contribution is 7.80. The largest absolute Gasteiger partial charge is 0.441 e. The number of thiol groups is 1. The van der Waals surface area contributed by atoms with Crippen LogP contribution < -0.4 is 0 Å². The first-order valence-corrected chi connectivity index (χ1v) is 5.25. The number of likely N-dealkylation sites (N-methyl/N-ethyl adjacent to an activating group) is 1. The summed E-state index contributed by atoms with van der Waals surface area (Å²) in [5.41, 5.74) is -0.965. The second-order valence-electron chi connectivity index (χ2n) is 3.65. The molecule has 1 aliphatic heterocycles. The summed E-state index contributed by atoms with van der Waals surface area (Å²) in [6.07, 6.45) is 1.24. The fraction of sp³-hybridized carbons (Fsp3) is 0.889. The van der Waals surface area contributed by atoms with E-state index in [1.165, 1.54) is 0 Å². The summed E-state index contributed by atoms with van der Waals surface area (Å²) in [5, 5.41) is 0. The second kappa shape index (κ2) is 4.51. The van der Waals surface area contributed by atoms with Crippen LogP contribution in [0.25, 0.3) is 0 Å². The molecule has 2 atom stereocenters. The van der Waals surface area contributed by atoms with Crippen molar-refractivity contribution in [1.29, 1.82) is 0 Å². The minimum atomic E-state index is -0.668. The molecule has 0 aliphatic carbocycles. The van der Waals surface area contributed by atoms with Crippen LogP contribution in [0.15, 0.2) is 0 Å². The Balaban J connectivity index is 2.54. The Hall–Kier alpha value is -0.260. The normalized spacial score (nSPS) is 33.3. The standard InChI is InChI=1S/C9H17NO3S/c1-4-5-7(11)13-9(2)6-12-8(14)10(9)3/h8,14H,4-6H2,1-3H3. The van der Waals surface area contributed by atoms with Crippen LogP contribution in [0.1, 0.15) is 26.7 Å². The van der Waals surface area contributed by atoms with E-state index >= 15 is 0 Å². The third kappa shape index (κ3) is 2.40. The molecule has 0 amide bonds. The van der Waals surface area contributed by atoms with Crippen LogP contribution in [0.2, 0.25) is 0 Å². The minimum absolute atomic E-state index is 0.187. The van der Waals surface area contributed by atoms with E-state index < -0.39 is 5.72 Å². The van der Waals surface area contributed by atoms with Crippen LogP contribution in [0, 0.1) is 0 Å². The first kappa shape index (κ1) is 11.8. The predicted molar refractivity (Wildman–Crippen MR) is 55.9 cm³/mol. The highest BCUT2D eigenvalue weighted by Crippen LogP contribution is 2.28. The first-order chi connectivity index (χ1) is 6.49. The van der Waals surface area contributed by atoms with Gasteiger partial charge in [0.25, 0.3) is 0 Å². The molecule has 14 heavy (non-hydrogen) atoms. The van der Waals surface area contributed by atoms with Crippen molar-refractivity contribution in [2.75, 3.05) is 13.7 Å². The Morgan fingerprint density at radius 2 is 2.43 bits per heavy atom. The van der Waals surface area contributed by atoms with Gasteiger partial charge in [0.15, 0.2) is 11.3 Å². The summed E-state index contributed by atoms with van der Waals surface area (Å²) in [7, 11) is 1.82. The molecule has 2 unspecified atom stereocenters. The average Bonchev–Trinajstić information content (AvgIpc) is 2.34. The number of carbonyl (C=O) groups excluding carboxylic acids is 1. The zero-order valence-electron chi connectivity index (χ0n) is 8.82. The van der Waals surface area contributed by atoms with Crippen molar-refractivity contribution < 1.29 is 14.3 Å². The van der Waals surface area contributed by atoms with Gasteiger partial charge in [-0.25, -0.2) is 4.90 Å². The number of hydrogen-bond acceptors (Lipinski definition) is 5. The lowest BCUT2D eigenvalue weighted by Crippen LogP contribution is -2.46. The molecule has 0 aromatic carbocycles. The quantitative estimate of drug-likeness (QED) is 0.572. The van der Waals surface area contributed by atoms with Crippen molar-refractivity contribution in [3.05, 3.63) is 0 Å². The summed E-state index contributed by atoms with van der Waals surface area (Å²) in [6, 6.07) is 0. The number of ether oxygens (including phenoxy) is 2. The molecule has 0 N–H and O–H groups in total. The Morgan fingerprint density at radius 3 is 2.86 bits per heavy atom. The van der Waals surface area contributed by atoms with Gasteiger partial charge in [-0.3, -0.25) is 4.79 Å². The van der Waals surface area contributed by atoms with Gasteiger partial charge in [0.05, 0.1) is 0 Å². The predicted octanol–water partition coefficient (Wildman–Crippen LogP) is 1.22. The van der Waals surface area contributed by atoms with Gasteiger partial charge in [0.2, 0.25) is 0 Å². The molecule has 0 spiro atoms. The number of rotatable bonds is 3. The van der Waals surface area contributed by atoms with Crippen molar-refractivity contribution in [3.8, 4) is 0 Å².